The number of ether oxygens (including phenoxy) is 2. The molecule has 0 aliphatic carbocycles. The van der Waals surface area contributed by atoms with E-state index in [0.717, 1.165) is 12.1 Å². The smallest absolute Gasteiger partial charge is 0.305 e. The van der Waals surface area contributed by atoms with Crippen LogP contribution in [-0.4, -0.2) is 43.3 Å². The van der Waals surface area contributed by atoms with Gasteiger partial charge in [-0.25, -0.2) is 0 Å². The standard InChI is InChI=1S/C12H13FN2O5/c13-10-2-1-8(5-11(10)15(17)18)12(16)14-6-9-7-19-3-4-20-9/h1-2,5,9H,3-4,6-7H2,(H,14,16). The second-order valence-electron chi connectivity index (χ2n) is 4.20. The molecule has 0 radical (unpaired) electrons. The molecule has 1 amide bonds. The molecule has 7 nitrogen and oxygen atoms in total. The Labute approximate surface area is 113 Å². The van der Waals surface area contributed by atoms with Gasteiger partial charge in [-0.3, -0.25) is 14.9 Å². The first-order chi connectivity index (χ1) is 9.58. The minimum absolute atomic E-state index is 0.0230. The van der Waals surface area contributed by atoms with Crippen molar-refractivity contribution in [2.24, 2.45) is 0 Å². The number of nitro benzene ring substituents is 1. The number of hydrogen-bond donors (Lipinski definition) is 1. The van der Waals surface area contributed by atoms with Crippen molar-refractivity contribution in [3.63, 3.8) is 0 Å². The number of amides is 1. The van der Waals surface area contributed by atoms with Crippen molar-refractivity contribution in [2.45, 2.75) is 6.10 Å². The normalized spacial score (nSPS) is 18.6. The molecule has 0 saturated carbocycles. The summed E-state index contributed by atoms with van der Waals surface area (Å²) in [6, 6.07) is 2.99. The van der Waals surface area contributed by atoms with Crippen molar-refractivity contribution in [1.82, 2.24) is 5.32 Å². The van der Waals surface area contributed by atoms with Gasteiger partial charge in [-0.1, -0.05) is 0 Å². The molecule has 2 rings (SSSR count). The monoisotopic (exact) mass is 284 g/mol. The molecule has 1 fully saturated rings. The summed E-state index contributed by atoms with van der Waals surface area (Å²) in [4.78, 5) is 21.5. The summed E-state index contributed by atoms with van der Waals surface area (Å²) in [6.45, 7) is 1.59. The third-order valence-electron chi connectivity index (χ3n) is 2.78. The van der Waals surface area contributed by atoms with Crippen LogP contribution in [-0.2, 0) is 9.47 Å². The number of halogens is 1. The number of hydrogen-bond acceptors (Lipinski definition) is 5. The van der Waals surface area contributed by atoms with E-state index in [-0.39, 0.29) is 18.2 Å². The lowest BCUT2D eigenvalue weighted by molar-refractivity contribution is -0.387. The van der Waals surface area contributed by atoms with Crippen LogP contribution in [0.4, 0.5) is 10.1 Å². The molecule has 1 N–H and O–H groups in total. The predicted molar refractivity (Wildman–Crippen MR) is 65.9 cm³/mol. The second-order valence-corrected chi connectivity index (χ2v) is 4.20. The quantitative estimate of drug-likeness (QED) is 0.654. The molecule has 1 aromatic rings. The number of nitrogens with zero attached hydrogens (tertiary/aromatic N) is 1. The fourth-order valence-electron chi connectivity index (χ4n) is 1.76. The molecule has 1 aromatic carbocycles. The van der Waals surface area contributed by atoms with Crippen molar-refractivity contribution in [2.75, 3.05) is 26.4 Å². The van der Waals surface area contributed by atoms with Gasteiger partial charge in [-0.15, -0.1) is 0 Å². The molecule has 0 aromatic heterocycles. The summed E-state index contributed by atoms with van der Waals surface area (Å²) >= 11 is 0. The minimum atomic E-state index is -0.976. The second kappa shape index (κ2) is 6.40. The molecular weight excluding hydrogens is 271 g/mol. The minimum Gasteiger partial charge on any atom is -0.376 e. The largest absolute Gasteiger partial charge is 0.376 e. The van der Waals surface area contributed by atoms with E-state index in [2.05, 4.69) is 5.32 Å². The molecule has 0 spiro atoms. The lowest BCUT2D eigenvalue weighted by Crippen LogP contribution is -2.39. The maximum absolute atomic E-state index is 13.2. The van der Waals surface area contributed by atoms with E-state index in [0.29, 0.717) is 19.8 Å². The maximum atomic E-state index is 13.2. The van der Waals surface area contributed by atoms with E-state index >= 15 is 0 Å². The van der Waals surface area contributed by atoms with E-state index < -0.39 is 22.3 Å². The van der Waals surface area contributed by atoms with Crippen molar-refractivity contribution in [1.29, 1.82) is 0 Å². The average molecular weight is 284 g/mol. The van der Waals surface area contributed by atoms with Crippen LogP contribution < -0.4 is 5.32 Å². The van der Waals surface area contributed by atoms with Gasteiger partial charge >= 0.3 is 5.69 Å². The molecule has 1 aliphatic rings. The molecule has 1 aliphatic heterocycles. The summed E-state index contributed by atoms with van der Waals surface area (Å²) in [6.07, 6.45) is -0.247. The lowest BCUT2D eigenvalue weighted by atomic mass is 10.2. The Bertz CT molecular complexity index is 517. The highest BCUT2D eigenvalue weighted by atomic mass is 19.1. The zero-order valence-electron chi connectivity index (χ0n) is 10.5. The SMILES string of the molecule is O=C(NCC1COCCO1)c1ccc(F)c([N+](=O)[O-])c1. The van der Waals surface area contributed by atoms with E-state index in [1.807, 2.05) is 0 Å². The van der Waals surface area contributed by atoms with Gasteiger partial charge in [0.2, 0.25) is 5.82 Å². The van der Waals surface area contributed by atoms with Crippen molar-refractivity contribution < 1.29 is 23.6 Å². The van der Waals surface area contributed by atoms with Crippen LogP contribution in [0.15, 0.2) is 18.2 Å². The first-order valence-corrected chi connectivity index (χ1v) is 5.99. The van der Waals surface area contributed by atoms with Crippen LogP contribution in [0.1, 0.15) is 10.4 Å². The fourth-order valence-corrected chi connectivity index (χ4v) is 1.76. The summed E-state index contributed by atoms with van der Waals surface area (Å²) in [7, 11) is 0. The van der Waals surface area contributed by atoms with Gasteiger partial charge in [0.05, 0.1) is 30.8 Å². The lowest BCUT2D eigenvalue weighted by Gasteiger charge is -2.23. The van der Waals surface area contributed by atoms with Crippen LogP contribution >= 0.6 is 0 Å². The van der Waals surface area contributed by atoms with Gasteiger partial charge in [0.25, 0.3) is 5.91 Å². The molecular formula is C12H13FN2O5. The highest BCUT2D eigenvalue weighted by molar-refractivity contribution is 5.94. The van der Waals surface area contributed by atoms with E-state index in [1.165, 1.54) is 6.07 Å². The van der Waals surface area contributed by atoms with Crippen molar-refractivity contribution in [3.05, 3.63) is 39.7 Å². The van der Waals surface area contributed by atoms with E-state index in [9.17, 15) is 19.3 Å². The molecule has 8 heteroatoms. The molecule has 1 unspecified atom stereocenters. The van der Waals surface area contributed by atoms with Crippen LogP contribution in [0.25, 0.3) is 0 Å². The number of benzene rings is 1. The van der Waals surface area contributed by atoms with Gasteiger partial charge in [-0.05, 0) is 12.1 Å². The van der Waals surface area contributed by atoms with Gasteiger partial charge in [0, 0.05) is 18.2 Å². The summed E-state index contributed by atoms with van der Waals surface area (Å²) in [5, 5.41) is 13.2. The zero-order valence-corrected chi connectivity index (χ0v) is 10.5. The highest BCUT2D eigenvalue weighted by Gasteiger charge is 2.19. The van der Waals surface area contributed by atoms with Crippen molar-refractivity contribution in [3.8, 4) is 0 Å². The van der Waals surface area contributed by atoms with Gasteiger partial charge in [0.1, 0.15) is 0 Å². The molecule has 1 heterocycles. The Hall–Kier alpha value is -2.06. The first-order valence-electron chi connectivity index (χ1n) is 5.99. The molecule has 1 atom stereocenters. The third-order valence-corrected chi connectivity index (χ3v) is 2.78. The Morgan fingerprint density at radius 2 is 2.30 bits per heavy atom. The number of nitro groups is 1. The average Bonchev–Trinajstić information content (AvgIpc) is 2.46. The van der Waals surface area contributed by atoms with E-state index in [1.54, 1.807) is 0 Å². The molecule has 1 saturated heterocycles. The summed E-state index contributed by atoms with van der Waals surface area (Å²) < 4.78 is 23.7. The van der Waals surface area contributed by atoms with Crippen molar-refractivity contribution >= 4 is 11.6 Å². The first kappa shape index (κ1) is 14.4. The molecule has 20 heavy (non-hydrogen) atoms. The van der Waals surface area contributed by atoms with Crippen LogP contribution in [0.2, 0.25) is 0 Å². The fraction of sp³-hybridized carbons (Fsp3) is 0.417. The van der Waals surface area contributed by atoms with Gasteiger partial charge < -0.3 is 14.8 Å². The summed E-state index contributed by atoms with van der Waals surface area (Å²) in [5.41, 5.74) is -0.704. The Kier molecular flexibility index (Phi) is 4.59. The van der Waals surface area contributed by atoms with Crippen LogP contribution in [0, 0.1) is 15.9 Å². The Morgan fingerprint density at radius 1 is 1.50 bits per heavy atom. The van der Waals surface area contributed by atoms with Gasteiger partial charge in [0.15, 0.2) is 0 Å². The number of carbonyl (C=O) groups is 1. The Balaban J connectivity index is 1.98. The van der Waals surface area contributed by atoms with Crippen LogP contribution in [0.5, 0.6) is 0 Å². The predicted octanol–water partition coefficient (Wildman–Crippen LogP) is 0.879. The van der Waals surface area contributed by atoms with Gasteiger partial charge in [-0.2, -0.15) is 4.39 Å². The topological polar surface area (TPSA) is 90.7 Å². The number of rotatable bonds is 4. The molecule has 0 bridgehead atoms. The van der Waals surface area contributed by atoms with Crippen LogP contribution in [0.3, 0.4) is 0 Å². The maximum Gasteiger partial charge on any atom is 0.305 e. The highest BCUT2D eigenvalue weighted by Crippen LogP contribution is 2.18. The number of nitrogens with one attached hydrogen (secondary N) is 1. The zero-order chi connectivity index (χ0) is 14.5. The summed E-state index contributed by atoms with van der Waals surface area (Å²) in [5.74, 6) is -1.50. The molecule has 108 valence electrons. The Morgan fingerprint density at radius 3 is 2.95 bits per heavy atom. The number of carbonyl (C=O) groups excluding carboxylic acids is 1. The van der Waals surface area contributed by atoms with E-state index in [4.69, 9.17) is 9.47 Å². The third kappa shape index (κ3) is 3.49.